The molecule has 3 rings (SSSR count). The molecule has 2 aromatic carbocycles. The van der Waals surface area contributed by atoms with Crippen LogP contribution in [0, 0.1) is 6.92 Å². The summed E-state index contributed by atoms with van der Waals surface area (Å²) in [7, 11) is 0. The Morgan fingerprint density at radius 1 is 1.08 bits per heavy atom. The molecule has 0 saturated carbocycles. The molecular weight excluding hydrogens is 371 g/mol. The van der Waals surface area contributed by atoms with Gasteiger partial charge in [-0.1, -0.05) is 40.9 Å². The smallest absolute Gasteiger partial charge is 0.253 e. The van der Waals surface area contributed by atoms with Crippen LogP contribution in [-0.4, -0.2) is 35.8 Å². The Morgan fingerprint density at radius 3 is 2.50 bits per heavy atom. The van der Waals surface area contributed by atoms with E-state index in [0.29, 0.717) is 47.1 Å². The van der Waals surface area contributed by atoms with Gasteiger partial charge in [-0.05, 0) is 50.1 Å². The van der Waals surface area contributed by atoms with Crippen LogP contribution in [0.5, 0.6) is 0 Å². The molecule has 1 N–H and O–H groups in total. The van der Waals surface area contributed by atoms with Crippen molar-refractivity contribution in [1.29, 1.82) is 0 Å². The zero-order valence-corrected chi connectivity index (χ0v) is 16.0. The summed E-state index contributed by atoms with van der Waals surface area (Å²) >= 11 is 12.0. The molecule has 0 aromatic heterocycles. The predicted molar refractivity (Wildman–Crippen MR) is 104 cm³/mol. The molecule has 0 bridgehead atoms. The van der Waals surface area contributed by atoms with Crippen LogP contribution in [0.3, 0.4) is 0 Å². The first-order valence-electron chi connectivity index (χ1n) is 8.56. The maximum atomic E-state index is 12.6. The quantitative estimate of drug-likeness (QED) is 0.847. The standard InChI is InChI=1S/C20H20Cl2N2O2/c1-13-3-2-4-14(11-13)20(26)24-9-7-16(8-10-24)23-19(25)17-12-15(21)5-6-18(17)22/h2-6,11-12,16H,7-10H2,1H3,(H,23,25). The summed E-state index contributed by atoms with van der Waals surface area (Å²) in [5.41, 5.74) is 2.15. The summed E-state index contributed by atoms with van der Waals surface area (Å²) in [6.45, 7) is 3.20. The normalized spacial score (nSPS) is 15.0. The molecule has 0 atom stereocenters. The van der Waals surface area contributed by atoms with Gasteiger partial charge in [-0.15, -0.1) is 0 Å². The highest BCUT2D eigenvalue weighted by Crippen LogP contribution is 2.21. The zero-order chi connectivity index (χ0) is 18.7. The van der Waals surface area contributed by atoms with Gasteiger partial charge < -0.3 is 10.2 Å². The van der Waals surface area contributed by atoms with Gasteiger partial charge in [0.1, 0.15) is 0 Å². The highest BCUT2D eigenvalue weighted by Gasteiger charge is 2.25. The third-order valence-corrected chi connectivity index (χ3v) is 5.12. The second-order valence-corrected chi connectivity index (χ2v) is 7.38. The number of benzene rings is 2. The topological polar surface area (TPSA) is 49.4 Å². The van der Waals surface area contributed by atoms with E-state index in [-0.39, 0.29) is 17.9 Å². The van der Waals surface area contributed by atoms with E-state index in [1.165, 1.54) is 0 Å². The van der Waals surface area contributed by atoms with Crippen LogP contribution in [0.2, 0.25) is 10.0 Å². The summed E-state index contributed by atoms with van der Waals surface area (Å²) in [5.74, 6) is -0.197. The minimum Gasteiger partial charge on any atom is -0.349 e. The lowest BCUT2D eigenvalue weighted by molar-refractivity contribution is 0.0698. The van der Waals surface area contributed by atoms with E-state index in [9.17, 15) is 9.59 Å². The van der Waals surface area contributed by atoms with Crippen molar-refractivity contribution in [3.05, 3.63) is 69.2 Å². The lowest BCUT2D eigenvalue weighted by atomic mass is 10.0. The Morgan fingerprint density at radius 2 is 1.81 bits per heavy atom. The Hall–Kier alpha value is -2.04. The lowest BCUT2D eigenvalue weighted by Crippen LogP contribution is -2.46. The minimum absolute atomic E-state index is 0.0131. The summed E-state index contributed by atoms with van der Waals surface area (Å²) in [4.78, 5) is 26.9. The number of halogens is 2. The largest absolute Gasteiger partial charge is 0.349 e. The molecule has 2 amide bonds. The van der Waals surface area contributed by atoms with Crippen molar-refractivity contribution in [2.75, 3.05) is 13.1 Å². The first-order valence-corrected chi connectivity index (χ1v) is 9.31. The molecule has 0 radical (unpaired) electrons. The fourth-order valence-electron chi connectivity index (χ4n) is 3.12. The van der Waals surface area contributed by atoms with Crippen molar-refractivity contribution in [2.45, 2.75) is 25.8 Å². The lowest BCUT2D eigenvalue weighted by Gasteiger charge is -2.32. The molecule has 1 aliphatic rings. The van der Waals surface area contributed by atoms with Crippen LogP contribution in [0.15, 0.2) is 42.5 Å². The molecule has 26 heavy (non-hydrogen) atoms. The molecule has 0 aliphatic carbocycles. The second kappa shape index (κ2) is 8.11. The number of piperidine rings is 1. The van der Waals surface area contributed by atoms with Crippen molar-refractivity contribution in [1.82, 2.24) is 10.2 Å². The summed E-state index contributed by atoms with van der Waals surface area (Å²) in [5, 5.41) is 3.84. The first-order chi connectivity index (χ1) is 12.4. The van der Waals surface area contributed by atoms with E-state index in [1.807, 2.05) is 36.1 Å². The number of hydrogen-bond acceptors (Lipinski definition) is 2. The fourth-order valence-corrected chi connectivity index (χ4v) is 3.50. The number of hydrogen-bond donors (Lipinski definition) is 1. The average molecular weight is 391 g/mol. The molecule has 2 aromatic rings. The van der Waals surface area contributed by atoms with Crippen LogP contribution in [-0.2, 0) is 0 Å². The van der Waals surface area contributed by atoms with Crippen LogP contribution in [0.25, 0.3) is 0 Å². The number of rotatable bonds is 3. The van der Waals surface area contributed by atoms with Crippen molar-refractivity contribution >= 4 is 35.0 Å². The molecule has 1 heterocycles. The number of aryl methyl sites for hydroxylation is 1. The van der Waals surface area contributed by atoms with Gasteiger partial charge in [0.15, 0.2) is 0 Å². The molecule has 1 saturated heterocycles. The van der Waals surface area contributed by atoms with Crippen molar-refractivity contribution in [3.8, 4) is 0 Å². The Kier molecular flexibility index (Phi) is 5.84. The summed E-state index contributed by atoms with van der Waals surface area (Å²) in [6.07, 6.45) is 1.42. The van der Waals surface area contributed by atoms with Crippen molar-refractivity contribution in [2.24, 2.45) is 0 Å². The monoisotopic (exact) mass is 390 g/mol. The van der Waals surface area contributed by atoms with E-state index < -0.39 is 0 Å². The third-order valence-electron chi connectivity index (χ3n) is 4.56. The van der Waals surface area contributed by atoms with E-state index >= 15 is 0 Å². The zero-order valence-electron chi connectivity index (χ0n) is 14.5. The van der Waals surface area contributed by atoms with Gasteiger partial charge in [-0.2, -0.15) is 0 Å². The van der Waals surface area contributed by atoms with Gasteiger partial charge in [0.05, 0.1) is 10.6 Å². The highest BCUT2D eigenvalue weighted by molar-refractivity contribution is 6.35. The Labute approximate surface area is 163 Å². The van der Waals surface area contributed by atoms with Gasteiger partial charge in [0, 0.05) is 29.7 Å². The highest BCUT2D eigenvalue weighted by atomic mass is 35.5. The third kappa shape index (κ3) is 4.37. The van der Waals surface area contributed by atoms with Gasteiger partial charge >= 0.3 is 0 Å². The van der Waals surface area contributed by atoms with Gasteiger partial charge in [0.2, 0.25) is 0 Å². The number of nitrogens with zero attached hydrogens (tertiary/aromatic N) is 1. The molecular formula is C20H20Cl2N2O2. The van der Waals surface area contributed by atoms with Gasteiger partial charge in [0.25, 0.3) is 11.8 Å². The number of nitrogens with one attached hydrogen (secondary N) is 1. The number of likely N-dealkylation sites (tertiary alicyclic amines) is 1. The Balaban J connectivity index is 1.57. The van der Waals surface area contributed by atoms with Crippen molar-refractivity contribution in [3.63, 3.8) is 0 Å². The minimum atomic E-state index is -0.235. The number of carbonyl (C=O) groups excluding carboxylic acids is 2. The van der Waals surface area contributed by atoms with E-state index in [1.54, 1.807) is 18.2 Å². The van der Waals surface area contributed by atoms with Crippen LogP contribution >= 0.6 is 23.2 Å². The van der Waals surface area contributed by atoms with E-state index in [0.717, 1.165) is 5.56 Å². The molecule has 4 nitrogen and oxygen atoms in total. The van der Waals surface area contributed by atoms with Crippen LogP contribution in [0.4, 0.5) is 0 Å². The average Bonchev–Trinajstić information content (AvgIpc) is 2.63. The fraction of sp³-hybridized carbons (Fsp3) is 0.300. The van der Waals surface area contributed by atoms with Crippen LogP contribution < -0.4 is 5.32 Å². The van der Waals surface area contributed by atoms with Gasteiger partial charge in [-0.25, -0.2) is 0 Å². The first kappa shape index (κ1) is 18.7. The molecule has 1 aliphatic heterocycles. The second-order valence-electron chi connectivity index (χ2n) is 6.53. The molecule has 0 spiro atoms. The maximum absolute atomic E-state index is 12.6. The maximum Gasteiger partial charge on any atom is 0.253 e. The number of carbonyl (C=O) groups is 2. The molecule has 6 heteroatoms. The summed E-state index contributed by atoms with van der Waals surface area (Å²) < 4.78 is 0. The van der Waals surface area contributed by atoms with E-state index in [4.69, 9.17) is 23.2 Å². The number of amides is 2. The van der Waals surface area contributed by atoms with Crippen molar-refractivity contribution < 1.29 is 9.59 Å². The molecule has 1 fully saturated rings. The SMILES string of the molecule is Cc1cccc(C(=O)N2CCC(NC(=O)c3cc(Cl)ccc3Cl)CC2)c1. The molecule has 0 unspecified atom stereocenters. The van der Waals surface area contributed by atoms with Crippen LogP contribution in [0.1, 0.15) is 39.1 Å². The summed E-state index contributed by atoms with van der Waals surface area (Å²) in [6, 6.07) is 12.4. The van der Waals surface area contributed by atoms with Gasteiger partial charge in [-0.3, -0.25) is 9.59 Å². The molecule has 136 valence electrons. The Bertz CT molecular complexity index is 830. The predicted octanol–water partition coefficient (Wildman–Crippen LogP) is 4.34. The van der Waals surface area contributed by atoms with E-state index in [2.05, 4.69) is 5.32 Å².